The highest BCUT2D eigenvalue weighted by atomic mass is 32.2. The molecule has 0 N–H and O–H groups in total. The minimum absolute atomic E-state index is 0.0555. The lowest BCUT2D eigenvalue weighted by Crippen LogP contribution is -2.43. The van der Waals surface area contributed by atoms with Gasteiger partial charge in [0.15, 0.2) is 16.4 Å². The molecule has 1 amide bonds. The van der Waals surface area contributed by atoms with E-state index in [1.54, 1.807) is 24.3 Å². The van der Waals surface area contributed by atoms with Crippen LogP contribution in [0.5, 0.6) is 0 Å². The lowest BCUT2D eigenvalue weighted by atomic mass is 9.97. The fraction of sp³-hybridized carbons (Fsp3) is 0.364. The van der Waals surface area contributed by atoms with Gasteiger partial charge in [0.25, 0.3) is 5.91 Å². The lowest BCUT2D eigenvalue weighted by Gasteiger charge is -2.28. The van der Waals surface area contributed by atoms with E-state index in [4.69, 9.17) is 4.74 Å². The van der Waals surface area contributed by atoms with E-state index in [0.29, 0.717) is 18.5 Å². The summed E-state index contributed by atoms with van der Waals surface area (Å²) in [7, 11) is -3.17. The molecular formula is C22H25NO5S. The number of hydrogen-bond acceptors (Lipinski definition) is 5. The van der Waals surface area contributed by atoms with Crippen molar-refractivity contribution in [2.45, 2.75) is 31.7 Å². The van der Waals surface area contributed by atoms with Gasteiger partial charge in [0.05, 0.1) is 23.5 Å². The van der Waals surface area contributed by atoms with Gasteiger partial charge < -0.3 is 9.64 Å². The molecule has 29 heavy (non-hydrogen) atoms. The smallest absolute Gasteiger partial charge is 0.313 e. The molecule has 1 heterocycles. The number of para-hydroxylation sites is 1. The van der Waals surface area contributed by atoms with Crippen molar-refractivity contribution in [1.29, 1.82) is 0 Å². The third-order valence-electron chi connectivity index (χ3n) is 5.11. The zero-order valence-corrected chi connectivity index (χ0v) is 17.2. The summed E-state index contributed by atoms with van der Waals surface area (Å²) < 4.78 is 29.2. The number of esters is 1. The molecular weight excluding hydrogens is 390 g/mol. The summed E-state index contributed by atoms with van der Waals surface area (Å²) in [6.07, 6.45) is 0.929. The fourth-order valence-corrected chi connectivity index (χ4v) is 5.35. The first kappa shape index (κ1) is 21.0. The molecule has 0 radical (unpaired) electrons. The van der Waals surface area contributed by atoms with Crippen LogP contribution in [0.2, 0.25) is 0 Å². The Morgan fingerprint density at radius 2 is 1.69 bits per heavy atom. The van der Waals surface area contributed by atoms with Crippen molar-refractivity contribution in [3.63, 3.8) is 0 Å². The molecule has 0 aliphatic carbocycles. The van der Waals surface area contributed by atoms with Crippen LogP contribution < -0.4 is 4.90 Å². The van der Waals surface area contributed by atoms with Gasteiger partial charge in [-0.05, 0) is 30.5 Å². The normalized spacial score (nSPS) is 18.7. The predicted octanol–water partition coefficient (Wildman–Crippen LogP) is 2.94. The molecule has 1 aliphatic rings. The van der Waals surface area contributed by atoms with Crippen LogP contribution in [0.15, 0.2) is 60.7 Å². The van der Waals surface area contributed by atoms with Gasteiger partial charge in [-0.25, -0.2) is 8.42 Å². The number of benzene rings is 2. The van der Waals surface area contributed by atoms with E-state index in [9.17, 15) is 18.0 Å². The highest BCUT2D eigenvalue weighted by Crippen LogP contribution is 2.25. The maximum atomic E-state index is 12.9. The molecule has 3 rings (SSSR count). The molecule has 2 aromatic rings. The van der Waals surface area contributed by atoms with Crippen molar-refractivity contribution < 1.29 is 22.7 Å². The molecule has 2 aromatic carbocycles. The van der Waals surface area contributed by atoms with E-state index < -0.39 is 40.3 Å². The first-order chi connectivity index (χ1) is 13.9. The summed E-state index contributed by atoms with van der Waals surface area (Å²) in [5, 5.41) is 0. The monoisotopic (exact) mass is 415 g/mol. The minimum Gasteiger partial charge on any atom is -0.455 e. The van der Waals surface area contributed by atoms with Gasteiger partial charge in [0, 0.05) is 5.69 Å². The molecule has 1 aliphatic heterocycles. The molecule has 0 aromatic heterocycles. The lowest BCUT2D eigenvalue weighted by molar-refractivity contribution is -0.149. The number of ether oxygens (including phenoxy) is 1. The Hall–Kier alpha value is -2.67. The standard InChI is InChI=1S/C22H25NO5S/c1-2-20(17-9-5-3-6-10-17)22(25)28-15-21(24)23(18-11-7-4-8-12-18)19-13-14-29(26,27)16-19/h3-12,19-20H,2,13-16H2,1H3. The minimum atomic E-state index is -3.17. The average molecular weight is 416 g/mol. The Morgan fingerprint density at radius 3 is 2.24 bits per heavy atom. The zero-order chi connectivity index (χ0) is 20.9. The Bertz CT molecular complexity index is 944. The number of sulfone groups is 1. The van der Waals surface area contributed by atoms with Crippen LogP contribution in [0.3, 0.4) is 0 Å². The number of carbonyl (C=O) groups is 2. The maximum Gasteiger partial charge on any atom is 0.313 e. The van der Waals surface area contributed by atoms with Gasteiger partial charge in [-0.2, -0.15) is 0 Å². The second kappa shape index (κ2) is 9.22. The van der Waals surface area contributed by atoms with Crippen LogP contribution in [0.4, 0.5) is 5.69 Å². The summed E-state index contributed by atoms with van der Waals surface area (Å²) in [4.78, 5) is 27.0. The molecule has 0 saturated carbocycles. The van der Waals surface area contributed by atoms with Crippen molar-refractivity contribution in [2.75, 3.05) is 23.0 Å². The Labute approximate surface area is 171 Å². The Morgan fingerprint density at radius 1 is 1.07 bits per heavy atom. The van der Waals surface area contributed by atoms with Crippen LogP contribution in [-0.2, 0) is 24.2 Å². The fourth-order valence-electron chi connectivity index (χ4n) is 3.65. The predicted molar refractivity (Wildman–Crippen MR) is 111 cm³/mol. The number of rotatable bonds is 7. The summed E-state index contributed by atoms with van der Waals surface area (Å²) in [5.74, 6) is -1.35. The van der Waals surface area contributed by atoms with E-state index >= 15 is 0 Å². The molecule has 2 unspecified atom stereocenters. The Kier molecular flexibility index (Phi) is 6.69. The SMILES string of the molecule is CCC(C(=O)OCC(=O)N(c1ccccc1)C1CCS(=O)(=O)C1)c1ccccc1. The highest BCUT2D eigenvalue weighted by molar-refractivity contribution is 7.91. The topological polar surface area (TPSA) is 80.8 Å². The van der Waals surface area contributed by atoms with Crippen LogP contribution in [0.25, 0.3) is 0 Å². The molecule has 6 nitrogen and oxygen atoms in total. The van der Waals surface area contributed by atoms with E-state index in [0.717, 1.165) is 5.56 Å². The summed E-state index contributed by atoms with van der Waals surface area (Å²) in [6, 6.07) is 17.7. The van der Waals surface area contributed by atoms with Crippen molar-refractivity contribution >= 4 is 27.4 Å². The maximum absolute atomic E-state index is 12.9. The number of anilines is 1. The first-order valence-electron chi connectivity index (χ1n) is 9.70. The summed E-state index contributed by atoms with van der Waals surface area (Å²) >= 11 is 0. The third-order valence-corrected chi connectivity index (χ3v) is 6.86. The van der Waals surface area contributed by atoms with Crippen molar-refractivity contribution in [2.24, 2.45) is 0 Å². The third kappa shape index (κ3) is 5.23. The first-order valence-corrected chi connectivity index (χ1v) is 11.5. The second-order valence-electron chi connectivity index (χ2n) is 7.14. The second-order valence-corrected chi connectivity index (χ2v) is 9.36. The van der Waals surface area contributed by atoms with Crippen molar-refractivity contribution in [3.8, 4) is 0 Å². The van der Waals surface area contributed by atoms with E-state index in [-0.39, 0.29) is 11.5 Å². The molecule has 2 atom stereocenters. The molecule has 154 valence electrons. The molecule has 1 saturated heterocycles. The van der Waals surface area contributed by atoms with Gasteiger partial charge in [-0.15, -0.1) is 0 Å². The van der Waals surface area contributed by atoms with Crippen LogP contribution in [-0.4, -0.2) is 44.4 Å². The number of amides is 1. The van der Waals surface area contributed by atoms with Gasteiger partial charge in [-0.3, -0.25) is 9.59 Å². The van der Waals surface area contributed by atoms with Crippen LogP contribution in [0.1, 0.15) is 31.2 Å². The van der Waals surface area contributed by atoms with Crippen LogP contribution >= 0.6 is 0 Å². The zero-order valence-electron chi connectivity index (χ0n) is 16.4. The molecule has 0 bridgehead atoms. The van der Waals surface area contributed by atoms with Crippen molar-refractivity contribution in [3.05, 3.63) is 66.2 Å². The number of hydrogen-bond donors (Lipinski definition) is 0. The molecule has 7 heteroatoms. The van der Waals surface area contributed by atoms with E-state index in [1.165, 1.54) is 4.90 Å². The van der Waals surface area contributed by atoms with E-state index in [2.05, 4.69) is 0 Å². The summed E-state index contributed by atoms with van der Waals surface area (Å²) in [5.41, 5.74) is 1.44. The van der Waals surface area contributed by atoms with Gasteiger partial charge in [0.1, 0.15) is 0 Å². The average Bonchev–Trinajstić information content (AvgIpc) is 3.08. The largest absolute Gasteiger partial charge is 0.455 e. The Balaban J connectivity index is 1.72. The number of nitrogens with zero attached hydrogens (tertiary/aromatic N) is 1. The quantitative estimate of drug-likeness (QED) is 0.650. The van der Waals surface area contributed by atoms with E-state index in [1.807, 2.05) is 43.3 Å². The number of carbonyl (C=O) groups excluding carboxylic acids is 2. The van der Waals surface area contributed by atoms with Gasteiger partial charge >= 0.3 is 5.97 Å². The van der Waals surface area contributed by atoms with Crippen LogP contribution in [0, 0.1) is 0 Å². The summed E-state index contributed by atoms with van der Waals surface area (Å²) in [6.45, 7) is 1.47. The van der Waals surface area contributed by atoms with Gasteiger partial charge in [-0.1, -0.05) is 55.5 Å². The highest BCUT2D eigenvalue weighted by Gasteiger charge is 2.36. The van der Waals surface area contributed by atoms with Crippen molar-refractivity contribution in [1.82, 2.24) is 0 Å². The molecule has 0 spiro atoms. The molecule has 1 fully saturated rings. The van der Waals surface area contributed by atoms with Gasteiger partial charge in [0.2, 0.25) is 0 Å².